The number of hydrogen-bond donors (Lipinski definition) is 0. The van der Waals surface area contributed by atoms with Gasteiger partial charge in [-0.3, -0.25) is 4.79 Å². The summed E-state index contributed by atoms with van der Waals surface area (Å²) in [5.74, 6) is 0.0415. The lowest BCUT2D eigenvalue weighted by Crippen LogP contribution is -2.52. The second-order valence-corrected chi connectivity index (χ2v) is 11.0. The van der Waals surface area contributed by atoms with Crippen LogP contribution in [0.2, 0.25) is 4.34 Å². The van der Waals surface area contributed by atoms with E-state index >= 15 is 0 Å². The molecule has 1 amide bonds. The molecular weight excluding hydrogens is 418 g/mol. The molecule has 2 aromatic rings. The van der Waals surface area contributed by atoms with E-state index in [1.807, 2.05) is 12.1 Å². The highest BCUT2D eigenvalue weighted by Gasteiger charge is 2.33. The number of benzene rings is 1. The number of hydrogen-bond acceptors (Lipinski definition) is 5. The van der Waals surface area contributed by atoms with Crippen LogP contribution in [0.4, 0.5) is 5.69 Å². The number of thiophene rings is 1. The normalized spacial score (nSPS) is 20.4. The lowest BCUT2D eigenvalue weighted by Gasteiger charge is -2.35. The molecule has 150 valence electrons. The first-order chi connectivity index (χ1) is 13.4. The molecule has 2 aliphatic rings. The standard InChI is InChI=1S/C19H22ClN3O3S2/c1-14-12-15-4-2-3-5-16(15)23(14)13-18(24)21-8-10-22(11-9-21)28(25,26)19-7-6-17(20)27-19/h2-7,14H,8-13H2,1H3. The van der Waals surface area contributed by atoms with Crippen LogP contribution >= 0.6 is 22.9 Å². The summed E-state index contributed by atoms with van der Waals surface area (Å²) in [5.41, 5.74) is 2.40. The van der Waals surface area contributed by atoms with Crippen LogP contribution < -0.4 is 4.90 Å². The Hall–Kier alpha value is -1.61. The zero-order valence-corrected chi connectivity index (χ0v) is 17.9. The van der Waals surface area contributed by atoms with E-state index in [1.54, 1.807) is 11.0 Å². The Balaban J connectivity index is 1.38. The van der Waals surface area contributed by atoms with E-state index < -0.39 is 10.0 Å². The number of carbonyl (C=O) groups excluding carboxylic acids is 1. The van der Waals surface area contributed by atoms with Crippen molar-refractivity contribution < 1.29 is 13.2 Å². The Labute approximate surface area is 174 Å². The van der Waals surface area contributed by atoms with Crippen molar-refractivity contribution in [2.45, 2.75) is 23.6 Å². The lowest BCUT2D eigenvalue weighted by molar-refractivity contribution is -0.130. The Morgan fingerprint density at radius 3 is 2.54 bits per heavy atom. The van der Waals surface area contributed by atoms with Crippen LogP contribution in [0.1, 0.15) is 12.5 Å². The SMILES string of the molecule is CC1Cc2ccccc2N1CC(=O)N1CCN(S(=O)(=O)c2ccc(Cl)s2)CC1. The van der Waals surface area contributed by atoms with Crippen LogP contribution in [0.25, 0.3) is 0 Å². The molecule has 9 heteroatoms. The molecule has 1 unspecified atom stereocenters. The van der Waals surface area contributed by atoms with Crippen LogP contribution in [-0.4, -0.2) is 62.3 Å². The van der Waals surface area contributed by atoms with Crippen molar-refractivity contribution in [3.8, 4) is 0 Å². The molecule has 1 aromatic carbocycles. The summed E-state index contributed by atoms with van der Waals surface area (Å²) in [6, 6.07) is 11.6. The van der Waals surface area contributed by atoms with Gasteiger partial charge in [0, 0.05) is 37.9 Å². The minimum absolute atomic E-state index is 0.0415. The van der Waals surface area contributed by atoms with Gasteiger partial charge in [0.05, 0.1) is 10.9 Å². The van der Waals surface area contributed by atoms with Gasteiger partial charge < -0.3 is 9.80 Å². The topological polar surface area (TPSA) is 60.9 Å². The molecule has 6 nitrogen and oxygen atoms in total. The van der Waals surface area contributed by atoms with E-state index in [-0.39, 0.29) is 16.2 Å². The van der Waals surface area contributed by atoms with Gasteiger partial charge in [-0.15, -0.1) is 11.3 Å². The number of amides is 1. The minimum Gasteiger partial charge on any atom is -0.359 e. The molecule has 1 atom stereocenters. The monoisotopic (exact) mass is 439 g/mol. The average Bonchev–Trinajstić information content (AvgIpc) is 3.26. The summed E-state index contributed by atoms with van der Waals surface area (Å²) < 4.78 is 27.5. The molecule has 1 saturated heterocycles. The lowest BCUT2D eigenvalue weighted by atomic mass is 10.1. The van der Waals surface area contributed by atoms with Crippen molar-refractivity contribution >= 4 is 44.6 Å². The molecular formula is C19H22ClN3O3S2. The Bertz CT molecular complexity index is 984. The van der Waals surface area contributed by atoms with Crippen LogP contribution in [0.15, 0.2) is 40.6 Å². The van der Waals surface area contributed by atoms with Gasteiger partial charge in [0.25, 0.3) is 10.0 Å². The summed E-state index contributed by atoms with van der Waals surface area (Å²) in [4.78, 5) is 16.8. The number of rotatable bonds is 4. The number of anilines is 1. The maximum Gasteiger partial charge on any atom is 0.252 e. The maximum atomic E-state index is 12.8. The van der Waals surface area contributed by atoms with Gasteiger partial charge in [0.15, 0.2) is 0 Å². The fourth-order valence-corrected chi connectivity index (χ4v) is 6.92. The van der Waals surface area contributed by atoms with Crippen LogP contribution in [0.5, 0.6) is 0 Å². The summed E-state index contributed by atoms with van der Waals surface area (Å²) in [5, 5.41) is 0. The van der Waals surface area contributed by atoms with Gasteiger partial charge in [-0.1, -0.05) is 29.8 Å². The minimum atomic E-state index is -3.54. The third-order valence-corrected chi connectivity index (χ3v) is 8.99. The van der Waals surface area contributed by atoms with Crippen molar-refractivity contribution in [2.24, 2.45) is 0 Å². The number of carbonyl (C=O) groups is 1. The fraction of sp³-hybridized carbons (Fsp3) is 0.421. The molecule has 2 aliphatic heterocycles. The molecule has 0 aliphatic carbocycles. The first-order valence-corrected chi connectivity index (χ1v) is 11.9. The molecule has 1 aromatic heterocycles. The average molecular weight is 440 g/mol. The Morgan fingerprint density at radius 1 is 1.14 bits per heavy atom. The number of piperazine rings is 1. The second-order valence-electron chi connectivity index (χ2n) is 7.15. The third kappa shape index (κ3) is 3.66. The van der Waals surface area contributed by atoms with Crippen molar-refractivity contribution in [3.05, 3.63) is 46.3 Å². The first kappa shape index (κ1) is 19.7. The predicted octanol–water partition coefficient (Wildman–Crippen LogP) is 2.69. The first-order valence-electron chi connectivity index (χ1n) is 9.24. The van der Waals surface area contributed by atoms with Gasteiger partial charge in [-0.2, -0.15) is 4.31 Å². The van der Waals surface area contributed by atoms with E-state index in [1.165, 1.54) is 15.9 Å². The number of nitrogens with zero attached hydrogens (tertiary/aromatic N) is 3. The second kappa shape index (κ2) is 7.67. The molecule has 0 N–H and O–H groups in total. The predicted molar refractivity (Wildman–Crippen MR) is 112 cm³/mol. The van der Waals surface area contributed by atoms with Gasteiger partial charge in [-0.25, -0.2) is 8.42 Å². The number of para-hydroxylation sites is 1. The molecule has 1 fully saturated rings. The molecule has 3 heterocycles. The highest BCUT2D eigenvalue weighted by atomic mass is 35.5. The van der Waals surface area contributed by atoms with E-state index in [9.17, 15) is 13.2 Å². The van der Waals surface area contributed by atoms with Gasteiger partial charge in [0.2, 0.25) is 5.91 Å². The quantitative estimate of drug-likeness (QED) is 0.734. The van der Waals surface area contributed by atoms with Crippen LogP contribution in [0, 0.1) is 0 Å². The molecule has 0 saturated carbocycles. The summed E-state index contributed by atoms with van der Waals surface area (Å²) >= 11 is 6.94. The number of fused-ring (bicyclic) bond motifs is 1. The van der Waals surface area contributed by atoms with E-state index in [4.69, 9.17) is 11.6 Å². The Morgan fingerprint density at radius 2 is 1.86 bits per heavy atom. The molecule has 28 heavy (non-hydrogen) atoms. The largest absolute Gasteiger partial charge is 0.359 e. The maximum absolute atomic E-state index is 12.8. The van der Waals surface area contributed by atoms with E-state index in [0.717, 1.165) is 23.4 Å². The van der Waals surface area contributed by atoms with E-state index in [0.29, 0.717) is 37.1 Å². The highest BCUT2D eigenvalue weighted by molar-refractivity contribution is 7.91. The molecule has 0 spiro atoms. The zero-order chi connectivity index (χ0) is 19.9. The van der Waals surface area contributed by atoms with Gasteiger partial charge in [0.1, 0.15) is 4.21 Å². The fourth-order valence-electron chi connectivity index (χ4n) is 3.86. The number of sulfonamides is 1. The molecule has 0 bridgehead atoms. The highest BCUT2D eigenvalue weighted by Crippen LogP contribution is 2.32. The van der Waals surface area contributed by atoms with Crippen molar-refractivity contribution in [1.82, 2.24) is 9.21 Å². The van der Waals surface area contributed by atoms with E-state index in [2.05, 4.69) is 24.0 Å². The van der Waals surface area contributed by atoms with Crippen molar-refractivity contribution in [3.63, 3.8) is 0 Å². The number of halogens is 1. The van der Waals surface area contributed by atoms with Crippen LogP contribution in [-0.2, 0) is 21.2 Å². The van der Waals surface area contributed by atoms with Crippen molar-refractivity contribution in [2.75, 3.05) is 37.6 Å². The Kier molecular flexibility index (Phi) is 5.39. The van der Waals surface area contributed by atoms with Crippen LogP contribution in [0.3, 0.4) is 0 Å². The third-order valence-electron chi connectivity index (χ3n) is 5.39. The van der Waals surface area contributed by atoms with Gasteiger partial charge in [-0.05, 0) is 37.1 Å². The van der Waals surface area contributed by atoms with Gasteiger partial charge >= 0.3 is 0 Å². The molecule has 0 radical (unpaired) electrons. The summed E-state index contributed by atoms with van der Waals surface area (Å²) in [6.45, 7) is 3.86. The smallest absolute Gasteiger partial charge is 0.252 e. The molecule has 4 rings (SSSR count). The van der Waals surface area contributed by atoms with Crippen molar-refractivity contribution in [1.29, 1.82) is 0 Å². The summed E-state index contributed by atoms with van der Waals surface area (Å²) in [6.07, 6.45) is 0.943. The summed E-state index contributed by atoms with van der Waals surface area (Å²) in [7, 11) is -3.54. The zero-order valence-electron chi connectivity index (χ0n) is 15.5.